The van der Waals surface area contributed by atoms with Crippen LogP contribution in [0.25, 0.3) is 92.2 Å². The van der Waals surface area contributed by atoms with Gasteiger partial charge in [0.2, 0.25) is 0 Å². The van der Waals surface area contributed by atoms with Gasteiger partial charge in [0.15, 0.2) is 0 Å². The predicted octanol–water partition coefficient (Wildman–Crippen LogP) is 13.8. The fraction of sp³-hybridized carbons (Fsp3) is 0. The van der Waals surface area contributed by atoms with Crippen LogP contribution < -0.4 is 0 Å². The average molecular weight is 661 g/mol. The molecule has 0 saturated carbocycles. The maximum atomic E-state index is 9.42. The zero-order valence-corrected chi connectivity index (χ0v) is 27.5. The lowest BCUT2D eigenvalue weighted by molar-refractivity contribution is 1.18. The molecule has 0 bridgehead atoms. The summed E-state index contributed by atoms with van der Waals surface area (Å²) in [5, 5.41) is 2.75. The van der Waals surface area contributed by atoms with Gasteiger partial charge in [-0.05, 0) is 93.5 Å². The molecule has 1 nitrogen and oxygen atoms in total. The minimum absolute atomic E-state index is 0.0291. The summed E-state index contributed by atoms with van der Waals surface area (Å²) in [7, 11) is 0. The number of fused-ring (bicyclic) bond motifs is 6. The van der Waals surface area contributed by atoms with Crippen LogP contribution in [-0.2, 0) is 0 Å². The van der Waals surface area contributed by atoms with Crippen molar-refractivity contribution < 1.29 is 9.60 Å². The van der Waals surface area contributed by atoms with Crippen LogP contribution in [0.15, 0.2) is 188 Å². The van der Waals surface area contributed by atoms with Crippen LogP contribution in [0, 0.1) is 0 Å². The maximum absolute atomic E-state index is 9.42. The molecule has 0 amide bonds. The first-order valence-corrected chi connectivity index (χ1v) is 17.3. The zero-order chi connectivity index (χ0) is 39.1. The van der Waals surface area contributed by atoms with Crippen molar-refractivity contribution >= 4 is 53.3 Å². The molecule has 2 aromatic heterocycles. The highest BCUT2D eigenvalue weighted by Gasteiger charge is 2.18. The quantitative estimate of drug-likeness (QED) is 0.173. The molecule has 0 radical (unpaired) electrons. The van der Waals surface area contributed by atoms with Crippen LogP contribution in [0.4, 0.5) is 0 Å². The molecule has 0 unspecified atom stereocenters. The normalized spacial score (nSPS) is 13.6. The third-order valence-corrected chi connectivity index (χ3v) is 10.5. The highest BCUT2D eigenvalue weighted by molar-refractivity contribution is 7.25. The van der Waals surface area contributed by atoms with E-state index in [4.69, 9.17) is 8.22 Å². The highest BCUT2D eigenvalue weighted by Crippen LogP contribution is 2.41. The lowest BCUT2D eigenvalue weighted by Crippen LogP contribution is -1.97. The van der Waals surface area contributed by atoms with Crippen LogP contribution >= 0.6 is 11.3 Å². The fourth-order valence-electron chi connectivity index (χ4n) is 7.11. The molecule has 0 aliphatic rings. The van der Waals surface area contributed by atoms with Crippen LogP contribution in [0.1, 0.15) is 9.60 Å². The summed E-state index contributed by atoms with van der Waals surface area (Å²) in [5.74, 6) is 0. The summed E-state index contributed by atoms with van der Waals surface area (Å²) < 4.78 is 64.2. The molecular weight excluding hydrogens is 623 g/mol. The first kappa shape index (κ1) is 22.4. The molecule has 0 N–H and O–H groups in total. The number of nitrogens with zero attached hydrogens (tertiary/aromatic N) is 1. The van der Waals surface area contributed by atoms with E-state index < -0.39 is 0 Å². The third-order valence-electron chi connectivity index (χ3n) is 9.47. The summed E-state index contributed by atoms with van der Waals surface area (Å²) >= 11 is 1.04. The second kappa shape index (κ2) is 11.7. The lowest BCUT2D eigenvalue weighted by atomic mass is 9.97. The maximum Gasteiger partial charge on any atom is 0.0638 e. The molecule has 2 heterocycles. The number of para-hydroxylation sites is 1. The average Bonchev–Trinajstić information content (AvgIpc) is 3.82. The molecule has 2 heteroatoms. The molecule has 0 spiro atoms. The Morgan fingerprint density at radius 2 is 0.980 bits per heavy atom. The molecule has 234 valence electrons. The highest BCUT2D eigenvalue weighted by atomic mass is 32.1. The van der Waals surface area contributed by atoms with Crippen molar-refractivity contribution in [3.8, 4) is 50.2 Å². The third kappa shape index (κ3) is 4.76. The number of hydrogen-bond donors (Lipinski definition) is 0. The van der Waals surface area contributed by atoms with Crippen LogP contribution in [0.3, 0.4) is 0 Å². The molecule has 0 aliphatic carbocycles. The number of aromatic nitrogens is 1. The van der Waals surface area contributed by atoms with Crippen molar-refractivity contribution in [1.82, 2.24) is 4.57 Å². The molecule has 8 aromatic carbocycles. The van der Waals surface area contributed by atoms with Crippen molar-refractivity contribution in [1.29, 1.82) is 0 Å². The zero-order valence-electron chi connectivity index (χ0n) is 33.7. The Labute approximate surface area is 304 Å². The van der Waals surface area contributed by atoms with Gasteiger partial charge in [-0.25, -0.2) is 0 Å². The minimum Gasteiger partial charge on any atom is -0.309 e. The van der Waals surface area contributed by atoms with E-state index >= 15 is 0 Å². The smallest absolute Gasteiger partial charge is 0.0638 e. The van der Waals surface area contributed by atoms with Gasteiger partial charge in [-0.1, -0.05) is 133 Å². The summed E-state index contributed by atoms with van der Waals surface area (Å²) in [6, 6.07) is 48.6. The second-order valence-electron chi connectivity index (χ2n) is 12.4. The van der Waals surface area contributed by atoms with E-state index in [2.05, 4.69) is 102 Å². The van der Waals surface area contributed by atoms with Crippen LogP contribution in [-0.4, -0.2) is 4.57 Å². The largest absolute Gasteiger partial charge is 0.309 e. The Kier molecular flexibility index (Phi) is 5.26. The molecule has 50 heavy (non-hydrogen) atoms. The fourth-order valence-corrected chi connectivity index (χ4v) is 8.02. The number of rotatable bonds is 5. The molecule has 10 aromatic rings. The molecule has 10 rings (SSSR count). The van der Waals surface area contributed by atoms with Gasteiger partial charge in [-0.3, -0.25) is 0 Å². The standard InChI is InChI=1S/C48H31NS/c1-3-12-32(13-4-1)35-22-25-45-41(29-35)42-30-36(33-14-5-2-6-15-33)23-26-46(42)49(45)44-20-9-7-18-39(44)38-17-11-16-34(28-38)37-24-27-48-43(31-37)40-19-8-10-21-47(40)50-48/h1-31H/i8D,10D,19D,21D,24D,27D,31D. The van der Waals surface area contributed by atoms with E-state index in [1.54, 1.807) is 0 Å². The van der Waals surface area contributed by atoms with Gasteiger partial charge in [-0.2, -0.15) is 0 Å². The van der Waals surface area contributed by atoms with Gasteiger partial charge < -0.3 is 4.57 Å². The monoisotopic (exact) mass is 660 g/mol. The minimum atomic E-state index is -0.383. The van der Waals surface area contributed by atoms with E-state index in [1.165, 1.54) is 0 Å². The summed E-state index contributed by atoms with van der Waals surface area (Å²) in [4.78, 5) is 0. The lowest BCUT2D eigenvalue weighted by Gasteiger charge is -2.15. The van der Waals surface area contributed by atoms with E-state index in [0.29, 0.717) is 10.3 Å². The van der Waals surface area contributed by atoms with Gasteiger partial charge in [0, 0.05) is 36.5 Å². The summed E-state index contributed by atoms with van der Waals surface area (Å²) in [6.45, 7) is 0. The van der Waals surface area contributed by atoms with Crippen molar-refractivity contribution in [2.45, 2.75) is 0 Å². The number of hydrogen-bond acceptors (Lipinski definition) is 1. The summed E-state index contributed by atoms with van der Waals surface area (Å²) in [5.41, 5.74) is 10.2. The van der Waals surface area contributed by atoms with Crippen molar-refractivity contribution in [2.24, 2.45) is 0 Å². The van der Waals surface area contributed by atoms with Crippen molar-refractivity contribution in [2.75, 3.05) is 0 Å². The topological polar surface area (TPSA) is 4.93 Å². The first-order chi connectivity index (χ1) is 27.7. The Morgan fingerprint density at radius 1 is 0.400 bits per heavy atom. The Morgan fingerprint density at radius 3 is 1.70 bits per heavy atom. The van der Waals surface area contributed by atoms with Crippen molar-refractivity contribution in [3.63, 3.8) is 0 Å². The molecule has 0 aliphatic heterocycles. The van der Waals surface area contributed by atoms with Gasteiger partial charge in [0.1, 0.15) is 0 Å². The number of thiophene rings is 1. The van der Waals surface area contributed by atoms with Crippen LogP contribution in [0.2, 0.25) is 0 Å². The van der Waals surface area contributed by atoms with Gasteiger partial charge >= 0.3 is 0 Å². The van der Waals surface area contributed by atoms with E-state index in [-0.39, 0.29) is 63.3 Å². The first-order valence-electron chi connectivity index (χ1n) is 20.0. The molecule has 0 fully saturated rings. The molecule has 0 saturated heterocycles. The predicted molar refractivity (Wildman–Crippen MR) is 215 cm³/mol. The van der Waals surface area contributed by atoms with Crippen LogP contribution in [0.5, 0.6) is 0 Å². The Balaban J connectivity index is 1.19. The van der Waals surface area contributed by atoms with Gasteiger partial charge in [-0.15, -0.1) is 11.3 Å². The Bertz CT molecular complexity index is 3160. The Hall–Kier alpha value is -6.22. The van der Waals surface area contributed by atoms with E-state index in [9.17, 15) is 1.37 Å². The SMILES string of the molecule is [2H]c1c([2H])c([2H])c2c(sc3c([2H])c([2H])c(-c4cccc(-c5ccccc5-n5c6ccc(-c7ccccc7)cc6c6cc(-c7ccccc7)ccc65)c4)c([2H])c32)c1[2H]. The summed E-state index contributed by atoms with van der Waals surface area (Å²) in [6.07, 6.45) is 0. The van der Waals surface area contributed by atoms with E-state index in [0.717, 1.165) is 72.2 Å². The number of benzene rings is 8. The van der Waals surface area contributed by atoms with E-state index in [1.807, 2.05) is 48.5 Å². The molecule has 0 atom stereocenters. The second-order valence-corrected chi connectivity index (χ2v) is 13.4. The molecular formula is C48H31NS. The van der Waals surface area contributed by atoms with Gasteiger partial charge in [0.05, 0.1) is 26.3 Å². The van der Waals surface area contributed by atoms with Gasteiger partial charge in [0.25, 0.3) is 0 Å². The van der Waals surface area contributed by atoms with Crippen molar-refractivity contribution in [3.05, 3.63) is 188 Å².